The summed E-state index contributed by atoms with van der Waals surface area (Å²) in [4.78, 5) is 0. The topological polar surface area (TPSA) is 12.0 Å². The van der Waals surface area contributed by atoms with Crippen molar-refractivity contribution in [1.29, 1.82) is 0 Å². The summed E-state index contributed by atoms with van der Waals surface area (Å²) in [7, 11) is 0. The van der Waals surface area contributed by atoms with Crippen molar-refractivity contribution in [2.75, 3.05) is 6.54 Å². The first-order valence-corrected chi connectivity index (χ1v) is 8.33. The lowest BCUT2D eigenvalue weighted by molar-refractivity contribution is 0.629. The minimum absolute atomic E-state index is 0.0345. The molecule has 1 aromatic heterocycles. The molecule has 108 valence electrons. The molecule has 1 atom stereocenters. The van der Waals surface area contributed by atoms with Gasteiger partial charge in [0, 0.05) is 10.6 Å². The zero-order chi connectivity index (χ0) is 14.9. The molecule has 1 aromatic carbocycles. The second kappa shape index (κ2) is 6.67. The molecule has 0 spiro atoms. The highest BCUT2D eigenvalue weighted by atomic mass is 35.5. The molecule has 0 aliphatic heterocycles. The van der Waals surface area contributed by atoms with E-state index in [1.807, 2.05) is 19.1 Å². The van der Waals surface area contributed by atoms with Gasteiger partial charge in [0.2, 0.25) is 0 Å². The predicted molar refractivity (Wildman–Crippen MR) is 90.8 cm³/mol. The third kappa shape index (κ3) is 3.32. The van der Waals surface area contributed by atoms with Gasteiger partial charge in [-0.3, -0.25) is 0 Å². The summed E-state index contributed by atoms with van der Waals surface area (Å²) in [6, 6.07) is 6.09. The average molecular weight is 349 g/mol. The fraction of sp³-hybridized carbons (Fsp3) is 0.333. The van der Waals surface area contributed by atoms with Crippen molar-refractivity contribution in [3.05, 3.63) is 54.1 Å². The highest BCUT2D eigenvalue weighted by molar-refractivity contribution is 7.20. The number of halogens is 3. The molecule has 1 heterocycles. The Balaban J connectivity index is 2.54. The highest BCUT2D eigenvalue weighted by Crippen LogP contribution is 2.39. The Morgan fingerprint density at radius 1 is 1.05 bits per heavy atom. The molecule has 0 saturated carbocycles. The van der Waals surface area contributed by atoms with Crippen LogP contribution >= 0.6 is 46.1 Å². The first-order valence-electron chi connectivity index (χ1n) is 6.38. The molecule has 0 fully saturated rings. The fourth-order valence-electron chi connectivity index (χ4n) is 2.26. The first kappa shape index (κ1) is 16.1. The van der Waals surface area contributed by atoms with E-state index in [-0.39, 0.29) is 6.04 Å². The SMILES string of the molecule is CCNC(c1cc(C)c(Cl)cc1C)c1cc(Cl)sc1Cl. The number of nitrogens with one attached hydrogen (secondary N) is 1. The molecule has 0 aliphatic rings. The lowest BCUT2D eigenvalue weighted by atomic mass is 9.95. The molecule has 2 aromatic rings. The number of rotatable bonds is 4. The summed E-state index contributed by atoms with van der Waals surface area (Å²) in [6.07, 6.45) is 0. The van der Waals surface area contributed by atoms with E-state index in [0.717, 1.165) is 32.6 Å². The quantitative estimate of drug-likeness (QED) is 0.712. The van der Waals surface area contributed by atoms with Crippen molar-refractivity contribution >= 4 is 46.1 Å². The number of thiophene rings is 1. The van der Waals surface area contributed by atoms with E-state index < -0.39 is 0 Å². The van der Waals surface area contributed by atoms with Crippen LogP contribution in [0.5, 0.6) is 0 Å². The zero-order valence-corrected chi connectivity index (χ0v) is 14.6. The second-order valence-corrected chi connectivity index (χ2v) is 7.42. The standard InChI is InChI=1S/C15H16Cl3NS/c1-4-19-14(11-7-13(17)20-15(11)18)10-5-9(3)12(16)6-8(10)2/h5-7,14,19H,4H2,1-3H3. The van der Waals surface area contributed by atoms with Gasteiger partial charge in [0.25, 0.3) is 0 Å². The largest absolute Gasteiger partial charge is 0.306 e. The number of hydrogen-bond acceptors (Lipinski definition) is 2. The average Bonchev–Trinajstić information content (AvgIpc) is 2.70. The van der Waals surface area contributed by atoms with E-state index in [2.05, 4.69) is 25.2 Å². The Hall–Kier alpha value is -0.250. The van der Waals surface area contributed by atoms with Crippen LogP contribution in [0, 0.1) is 13.8 Å². The number of benzene rings is 1. The molecule has 0 saturated heterocycles. The number of hydrogen-bond donors (Lipinski definition) is 1. The summed E-state index contributed by atoms with van der Waals surface area (Å²) in [5.41, 5.74) is 4.41. The van der Waals surface area contributed by atoms with Crippen LogP contribution < -0.4 is 5.32 Å². The zero-order valence-electron chi connectivity index (χ0n) is 11.6. The lowest BCUT2D eigenvalue weighted by Gasteiger charge is -2.21. The number of aryl methyl sites for hydroxylation is 2. The summed E-state index contributed by atoms with van der Waals surface area (Å²) < 4.78 is 1.43. The Morgan fingerprint density at radius 3 is 2.30 bits per heavy atom. The normalized spacial score (nSPS) is 12.7. The Bertz CT molecular complexity index is 622. The maximum atomic E-state index is 6.32. The molecule has 0 amide bonds. The van der Waals surface area contributed by atoms with Crippen LogP contribution in [-0.2, 0) is 0 Å². The second-order valence-electron chi connectivity index (χ2n) is 4.73. The lowest BCUT2D eigenvalue weighted by Crippen LogP contribution is -2.22. The van der Waals surface area contributed by atoms with Gasteiger partial charge in [-0.1, -0.05) is 47.8 Å². The molecular weight excluding hydrogens is 333 g/mol. The van der Waals surface area contributed by atoms with Crippen LogP contribution in [0.3, 0.4) is 0 Å². The van der Waals surface area contributed by atoms with E-state index in [1.54, 1.807) is 0 Å². The predicted octanol–water partition coefficient (Wildman–Crippen LogP) is 6.02. The van der Waals surface area contributed by atoms with Gasteiger partial charge in [0.15, 0.2) is 0 Å². The highest BCUT2D eigenvalue weighted by Gasteiger charge is 2.21. The Morgan fingerprint density at radius 2 is 1.75 bits per heavy atom. The summed E-state index contributed by atoms with van der Waals surface area (Å²) in [5, 5.41) is 4.27. The van der Waals surface area contributed by atoms with Gasteiger partial charge in [0.1, 0.15) is 0 Å². The van der Waals surface area contributed by atoms with Crippen molar-refractivity contribution in [1.82, 2.24) is 5.32 Å². The summed E-state index contributed by atoms with van der Waals surface area (Å²) >= 11 is 20.0. The molecule has 2 rings (SSSR count). The minimum atomic E-state index is 0.0345. The monoisotopic (exact) mass is 347 g/mol. The van der Waals surface area contributed by atoms with Crippen LogP contribution in [-0.4, -0.2) is 6.54 Å². The third-order valence-electron chi connectivity index (χ3n) is 3.26. The van der Waals surface area contributed by atoms with E-state index >= 15 is 0 Å². The first-order chi connectivity index (χ1) is 9.43. The van der Waals surface area contributed by atoms with Gasteiger partial charge in [0.05, 0.1) is 14.7 Å². The van der Waals surface area contributed by atoms with Crippen LogP contribution in [0.15, 0.2) is 18.2 Å². The van der Waals surface area contributed by atoms with Crippen molar-refractivity contribution in [3.8, 4) is 0 Å². The summed E-state index contributed by atoms with van der Waals surface area (Å²) in [5.74, 6) is 0. The van der Waals surface area contributed by atoms with Crippen molar-refractivity contribution in [2.24, 2.45) is 0 Å². The smallest absolute Gasteiger partial charge is 0.0995 e. The van der Waals surface area contributed by atoms with Gasteiger partial charge >= 0.3 is 0 Å². The van der Waals surface area contributed by atoms with Gasteiger partial charge in [-0.25, -0.2) is 0 Å². The molecule has 1 unspecified atom stereocenters. The van der Waals surface area contributed by atoms with Gasteiger partial charge in [-0.2, -0.15) is 0 Å². The Kier molecular flexibility index (Phi) is 5.38. The molecule has 5 heteroatoms. The molecule has 20 heavy (non-hydrogen) atoms. The van der Waals surface area contributed by atoms with E-state index in [0.29, 0.717) is 4.34 Å². The van der Waals surface area contributed by atoms with Crippen LogP contribution in [0.2, 0.25) is 13.7 Å². The van der Waals surface area contributed by atoms with Crippen LogP contribution in [0.1, 0.15) is 35.2 Å². The van der Waals surface area contributed by atoms with E-state index in [9.17, 15) is 0 Å². The fourth-order valence-corrected chi connectivity index (χ4v) is 4.01. The van der Waals surface area contributed by atoms with Crippen molar-refractivity contribution in [2.45, 2.75) is 26.8 Å². The van der Waals surface area contributed by atoms with Gasteiger partial charge in [-0.15, -0.1) is 11.3 Å². The van der Waals surface area contributed by atoms with E-state index in [4.69, 9.17) is 34.8 Å². The third-order valence-corrected chi connectivity index (χ3v) is 5.19. The van der Waals surface area contributed by atoms with Crippen LogP contribution in [0.4, 0.5) is 0 Å². The maximum absolute atomic E-state index is 6.32. The Labute approximate surface area is 138 Å². The maximum Gasteiger partial charge on any atom is 0.0995 e. The van der Waals surface area contributed by atoms with Gasteiger partial charge < -0.3 is 5.32 Å². The minimum Gasteiger partial charge on any atom is -0.306 e. The van der Waals surface area contributed by atoms with Crippen molar-refractivity contribution in [3.63, 3.8) is 0 Å². The van der Waals surface area contributed by atoms with Crippen molar-refractivity contribution < 1.29 is 0 Å². The molecule has 0 radical (unpaired) electrons. The van der Waals surface area contributed by atoms with Crippen LogP contribution in [0.25, 0.3) is 0 Å². The molecule has 0 aliphatic carbocycles. The van der Waals surface area contributed by atoms with Gasteiger partial charge in [-0.05, 0) is 49.2 Å². The molecule has 1 N–H and O–H groups in total. The molecule has 1 nitrogen and oxygen atoms in total. The van der Waals surface area contributed by atoms with E-state index in [1.165, 1.54) is 16.9 Å². The summed E-state index contributed by atoms with van der Waals surface area (Å²) in [6.45, 7) is 6.99. The molecule has 0 bridgehead atoms. The molecular formula is C15H16Cl3NS.